The zero-order valence-corrected chi connectivity index (χ0v) is 15.7. The van der Waals surface area contributed by atoms with Crippen LogP contribution in [0.2, 0.25) is 5.02 Å². The number of hydrogen-bond acceptors (Lipinski definition) is 4. The topological polar surface area (TPSA) is 98.9 Å². The number of aromatic amines is 1. The van der Waals surface area contributed by atoms with Crippen LogP contribution in [0.1, 0.15) is 47.0 Å². The Kier molecular flexibility index (Phi) is 7.62. The third-order valence-corrected chi connectivity index (χ3v) is 4.28. The summed E-state index contributed by atoms with van der Waals surface area (Å²) in [5.74, 6) is -0.622. The number of hydrogen-bond donors (Lipinski definition) is 4. The minimum absolute atomic E-state index is 0.0685. The molecule has 26 heavy (non-hydrogen) atoms. The number of anilines is 1. The molecule has 0 radical (unpaired) electrons. The Morgan fingerprint density at radius 2 is 1.96 bits per heavy atom. The zero-order chi connectivity index (χ0) is 18.9. The van der Waals surface area contributed by atoms with Crippen LogP contribution in [-0.2, 0) is 0 Å². The molecule has 0 spiro atoms. The zero-order valence-electron chi connectivity index (χ0n) is 14.9. The maximum atomic E-state index is 12.5. The van der Waals surface area contributed by atoms with E-state index < -0.39 is 0 Å². The molecule has 1 aromatic carbocycles. The molecule has 1 heterocycles. The van der Waals surface area contributed by atoms with E-state index in [1.807, 2.05) is 14.0 Å². The van der Waals surface area contributed by atoms with Gasteiger partial charge >= 0.3 is 0 Å². The van der Waals surface area contributed by atoms with E-state index in [4.69, 9.17) is 11.6 Å². The van der Waals surface area contributed by atoms with Gasteiger partial charge < -0.3 is 16.0 Å². The standard InChI is InChI=1S/C18H24ClN5O2/c1-3-14(5-4-10-20-2)22-18(26)16-15(11-21-24-16)23-17(25)12-6-8-13(19)9-7-12/h6-9,11,14,20H,3-5,10H2,1-2H3,(H,21,24)(H,22,26)(H,23,25). The normalized spacial score (nSPS) is 11.8. The van der Waals surface area contributed by atoms with Crippen LogP contribution < -0.4 is 16.0 Å². The van der Waals surface area contributed by atoms with E-state index in [0.29, 0.717) is 16.3 Å². The predicted octanol–water partition coefficient (Wildman–Crippen LogP) is 2.82. The van der Waals surface area contributed by atoms with Gasteiger partial charge in [-0.2, -0.15) is 5.10 Å². The van der Waals surface area contributed by atoms with Crippen LogP contribution in [0.15, 0.2) is 30.5 Å². The molecule has 4 N–H and O–H groups in total. The molecule has 0 aliphatic heterocycles. The fourth-order valence-electron chi connectivity index (χ4n) is 2.51. The summed E-state index contributed by atoms with van der Waals surface area (Å²) in [4.78, 5) is 24.8. The van der Waals surface area contributed by atoms with Crippen LogP contribution in [0.3, 0.4) is 0 Å². The van der Waals surface area contributed by atoms with Crippen LogP contribution in [0, 0.1) is 0 Å². The van der Waals surface area contributed by atoms with Crippen LogP contribution >= 0.6 is 11.6 Å². The molecular formula is C18H24ClN5O2. The third kappa shape index (κ3) is 5.57. The minimum Gasteiger partial charge on any atom is -0.348 e. The molecule has 8 heteroatoms. The number of benzene rings is 1. The first-order valence-electron chi connectivity index (χ1n) is 8.60. The van der Waals surface area contributed by atoms with Crippen molar-refractivity contribution in [2.45, 2.75) is 32.2 Å². The minimum atomic E-state index is -0.335. The third-order valence-electron chi connectivity index (χ3n) is 4.03. The van der Waals surface area contributed by atoms with Crippen molar-refractivity contribution in [1.29, 1.82) is 0 Å². The van der Waals surface area contributed by atoms with Gasteiger partial charge in [0.05, 0.1) is 11.9 Å². The van der Waals surface area contributed by atoms with Crippen molar-refractivity contribution in [1.82, 2.24) is 20.8 Å². The van der Waals surface area contributed by atoms with Crippen molar-refractivity contribution in [3.63, 3.8) is 0 Å². The highest BCUT2D eigenvalue weighted by atomic mass is 35.5. The Hall–Kier alpha value is -2.38. The summed E-state index contributed by atoms with van der Waals surface area (Å²) in [6.45, 7) is 2.93. The number of H-pyrrole nitrogens is 1. The van der Waals surface area contributed by atoms with E-state index in [0.717, 1.165) is 25.8 Å². The second-order valence-corrected chi connectivity index (χ2v) is 6.38. The van der Waals surface area contributed by atoms with Crippen molar-refractivity contribution >= 4 is 29.1 Å². The van der Waals surface area contributed by atoms with E-state index in [9.17, 15) is 9.59 Å². The van der Waals surface area contributed by atoms with Gasteiger partial charge in [-0.1, -0.05) is 18.5 Å². The van der Waals surface area contributed by atoms with Crippen LogP contribution in [0.4, 0.5) is 5.69 Å². The van der Waals surface area contributed by atoms with Crippen LogP contribution in [-0.4, -0.2) is 41.6 Å². The van der Waals surface area contributed by atoms with Gasteiger partial charge in [0.15, 0.2) is 0 Å². The summed E-state index contributed by atoms with van der Waals surface area (Å²) in [7, 11) is 1.90. The molecule has 7 nitrogen and oxygen atoms in total. The van der Waals surface area contributed by atoms with Gasteiger partial charge in [0, 0.05) is 16.6 Å². The summed E-state index contributed by atoms with van der Waals surface area (Å²) < 4.78 is 0. The van der Waals surface area contributed by atoms with Crippen molar-refractivity contribution in [2.75, 3.05) is 18.9 Å². The molecule has 0 saturated heterocycles. The fraction of sp³-hybridized carbons (Fsp3) is 0.389. The maximum Gasteiger partial charge on any atom is 0.271 e. The molecule has 0 fully saturated rings. The second kappa shape index (κ2) is 9.94. The van der Waals surface area contributed by atoms with Gasteiger partial charge in [-0.05, 0) is 57.1 Å². The Bertz CT molecular complexity index is 729. The predicted molar refractivity (Wildman–Crippen MR) is 103 cm³/mol. The number of nitrogens with zero attached hydrogens (tertiary/aromatic N) is 1. The summed E-state index contributed by atoms with van der Waals surface area (Å²) in [6, 6.07) is 6.57. The Labute approximate surface area is 157 Å². The van der Waals surface area contributed by atoms with Crippen LogP contribution in [0.25, 0.3) is 0 Å². The van der Waals surface area contributed by atoms with Gasteiger partial charge in [-0.3, -0.25) is 14.7 Å². The fourth-order valence-corrected chi connectivity index (χ4v) is 2.64. The smallest absolute Gasteiger partial charge is 0.271 e. The monoisotopic (exact) mass is 377 g/mol. The molecule has 140 valence electrons. The lowest BCUT2D eigenvalue weighted by Gasteiger charge is -2.17. The maximum absolute atomic E-state index is 12.5. The highest BCUT2D eigenvalue weighted by molar-refractivity contribution is 6.30. The SMILES string of the molecule is CCC(CCCNC)NC(=O)c1[nH]ncc1NC(=O)c1ccc(Cl)cc1. The molecule has 1 atom stereocenters. The molecule has 0 aliphatic carbocycles. The van der Waals surface area contributed by atoms with Gasteiger partial charge in [0.2, 0.25) is 0 Å². The molecule has 2 amide bonds. The van der Waals surface area contributed by atoms with Crippen molar-refractivity contribution in [3.05, 3.63) is 46.7 Å². The summed E-state index contributed by atoms with van der Waals surface area (Å²) in [5.41, 5.74) is 1.02. The largest absolute Gasteiger partial charge is 0.348 e. The number of carbonyl (C=O) groups is 2. The lowest BCUT2D eigenvalue weighted by Crippen LogP contribution is -2.35. The average molecular weight is 378 g/mol. The summed E-state index contributed by atoms with van der Waals surface area (Å²) in [5, 5.41) is 15.9. The second-order valence-electron chi connectivity index (χ2n) is 5.94. The van der Waals surface area contributed by atoms with Crippen molar-refractivity contribution < 1.29 is 9.59 Å². The number of aromatic nitrogens is 2. The molecule has 1 unspecified atom stereocenters. The molecule has 0 saturated carbocycles. The molecule has 2 rings (SSSR count). The van der Waals surface area contributed by atoms with Crippen LogP contribution in [0.5, 0.6) is 0 Å². The number of halogens is 1. The summed E-state index contributed by atoms with van der Waals surface area (Å²) in [6.07, 6.45) is 4.10. The first-order valence-corrected chi connectivity index (χ1v) is 8.98. The highest BCUT2D eigenvalue weighted by Gasteiger charge is 2.19. The van der Waals surface area contributed by atoms with Gasteiger partial charge in [-0.25, -0.2) is 0 Å². The van der Waals surface area contributed by atoms with Gasteiger partial charge in [0.1, 0.15) is 5.69 Å². The van der Waals surface area contributed by atoms with E-state index in [-0.39, 0.29) is 23.6 Å². The van der Waals surface area contributed by atoms with Gasteiger partial charge in [-0.15, -0.1) is 0 Å². The quantitative estimate of drug-likeness (QED) is 0.505. The average Bonchev–Trinajstić information content (AvgIpc) is 3.09. The molecule has 2 aromatic rings. The highest BCUT2D eigenvalue weighted by Crippen LogP contribution is 2.16. The number of nitrogens with one attached hydrogen (secondary N) is 4. The number of rotatable bonds is 9. The van der Waals surface area contributed by atoms with Gasteiger partial charge in [0.25, 0.3) is 11.8 Å². The molecular weight excluding hydrogens is 354 g/mol. The summed E-state index contributed by atoms with van der Waals surface area (Å²) >= 11 is 5.83. The van der Waals surface area contributed by atoms with Crippen molar-refractivity contribution in [2.24, 2.45) is 0 Å². The first kappa shape index (κ1) is 19.9. The lowest BCUT2D eigenvalue weighted by molar-refractivity contribution is 0.0929. The number of amides is 2. The molecule has 0 aliphatic rings. The van der Waals surface area contributed by atoms with E-state index >= 15 is 0 Å². The number of carbonyl (C=O) groups excluding carboxylic acids is 2. The van der Waals surface area contributed by atoms with Crippen molar-refractivity contribution in [3.8, 4) is 0 Å². The first-order chi connectivity index (χ1) is 12.5. The molecule has 0 bridgehead atoms. The van der Waals surface area contributed by atoms with E-state index in [2.05, 4.69) is 26.1 Å². The van der Waals surface area contributed by atoms with E-state index in [1.165, 1.54) is 6.20 Å². The Balaban J connectivity index is 2.01. The van der Waals surface area contributed by atoms with E-state index in [1.54, 1.807) is 24.3 Å². The Morgan fingerprint density at radius 3 is 2.62 bits per heavy atom. The lowest BCUT2D eigenvalue weighted by atomic mass is 10.1. The Morgan fingerprint density at radius 1 is 1.23 bits per heavy atom. The molecule has 1 aromatic heterocycles.